The van der Waals surface area contributed by atoms with Gasteiger partial charge in [-0.05, 0) is 49.3 Å². The summed E-state index contributed by atoms with van der Waals surface area (Å²) in [5.41, 5.74) is 3.45. The molecule has 0 heterocycles. The Morgan fingerprint density at radius 2 is 1.58 bits per heavy atom. The van der Waals surface area contributed by atoms with Crippen LogP contribution in [0.25, 0.3) is 0 Å². The summed E-state index contributed by atoms with van der Waals surface area (Å²) in [4.78, 5) is 24.3. The second-order valence-corrected chi connectivity index (χ2v) is 6.44. The van der Waals surface area contributed by atoms with Crippen LogP contribution in [-0.2, 0) is 17.6 Å². The smallest absolute Gasteiger partial charge is 0.283 e. The molecule has 1 amide bonds. The summed E-state index contributed by atoms with van der Waals surface area (Å²) in [5.74, 6) is 0.145. The van der Waals surface area contributed by atoms with Crippen LogP contribution < -0.4 is 0 Å². The molecule has 0 saturated carbocycles. The highest BCUT2D eigenvalue weighted by Crippen LogP contribution is 2.20. The van der Waals surface area contributed by atoms with Gasteiger partial charge in [-0.25, -0.2) is 5.01 Å². The third kappa shape index (κ3) is 8.65. The Balaban J connectivity index is 0. The van der Waals surface area contributed by atoms with Crippen molar-refractivity contribution in [1.29, 1.82) is 0 Å². The second kappa shape index (κ2) is 15.6. The van der Waals surface area contributed by atoms with E-state index >= 15 is 0 Å². The average molecular weight is 381 g/mol. The molecule has 0 aliphatic heterocycles. The van der Waals surface area contributed by atoms with Crippen molar-refractivity contribution in [3.05, 3.63) is 34.4 Å². The van der Waals surface area contributed by atoms with Gasteiger partial charge >= 0.3 is 5.91 Å². The van der Waals surface area contributed by atoms with Gasteiger partial charge in [-0.15, -0.1) is 0 Å². The SMILES string of the molecule is C=NN(C)C(=O)C(=O)c1c(CC)cc(C)cc1CC.CC.CCCSC. The number of aryl methyl sites for hydroxylation is 3. The maximum Gasteiger partial charge on any atom is 0.314 e. The molecule has 1 aromatic rings. The molecule has 0 aliphatic rings. The van der Waals surface area contributed by atoms with Gasteiger partial charge in [0.2, 0.25) is 0 Å². The van der Waals surface area contributed by atoms with E-state index in [2.05, 4.69) is 25.0 Å². The van der Waals surface area contributed by atoms with Crippen LogP contribution in [0.5, 0.6) is 0 Å². The lowest BCUT2D eigenvalue weighted by atomic mass is 9.92. The molecule has 0 fully saturated rings. The van der Waals surface area contributed by atoms with Crippen molar-refractivity contribution < 1.29 is 9.59 Å². The first kappa shape index (κ1) is 26.6. The summed E-state index contributed by atoms with van der Waals surface area (Å²) in [6, 6.07) is 3.92. The summed E-state index contributed by atoms with van der Waals surface area (Å²) in [5, 5.41) is 4.45. The van der Waals surface area contributed by atoms with Gasteiger partial charge in [-0.1, -0.05) is 52.3 Å². The zero-order valence-electron chi connectivity index (χ0n) is 17.8. The fraction of sp³-hybridized carbons (Fsp3) is 0.571. The first-order valence-electron chi connectivity index (χ1n) is 9.28. The molecule has 1 rings (SSSR count). The number of amides is 1. The van der Waals surface area contributed by atoms with E-state index in [0.29, 0.717) is 18.4 Å². The van der Waals surface area contributed by atoms with Crippen LogP contribution in [0.4, 0.5) is 0 Å². The molecule has 148 valence electrons. The number of ketones is 1. The highest BCUT2D eigenvalue weighted by atomic mass is 32.2. The van der Waals surface area contributed by atoms with Gasteiger partial charge in [0, 0.05) is 19.3 Å². The van der Waals surface area contributed by atoms with E-state index in [0.717, 1.165) is 21.7 Å². The quantitative estimate of drug-likeness (QED) is 0.284. The Morgan fingerprint density at radius 1 is 1.12 bits per heavy atom. The Kier molecular flexibility index (Phi) is 16.0. The minimum Gasteiger partial charge on any atom is -0.283 e. The Hall–Kier alpha value is -1.62. The summed E-state index contributed by atoms with van der Waals surface area (Å²) >= 11 is 1.90. The molecule has 4 nitrogen and oxygen atoms in total. The number of hydrogen-bond donors (Lipinski definition) is 0. The lowest BCUT2D eigenvalue weighted by Crippen LogP contribution is -2.30. The van der Waals surface area contributed by atoms with Crippen LogP contribution in [0.2, 0.25) is 0 Å². The number of hydrogen-bond acceptors (Lipinski definition) is 4. The van der Waals surface area contributed by atoms with E-state index in [-0.39, 0.29) is 0 Å². The van der Waals surface area contributed by atoms with Crippen molar-refractivity contribution in [3.8, 4) is 0 Å². The van der Waals surface area contributed by atoms with Crippen LogP contribution in [-0.4, -0.2) is 42.5 Å². The van der Waals surface area contributed by atoms with E-state index in [4.69, 9.17) is 0 Å². The van der Waals surface area contributed by atoms with E-state index in [1.54, 1.807) is 0 Å². The molecular formula is C21H36N2O2S. The molecular weight excluding hydrogens is 344 g/mol. The predicted octanol–water partition coefficient (Wildman–Crippen LogP) is 5.16. The average Bonchev–Trinajstić information content (AvgIpc) is 2.67. The van der Waals surface area contributed by atoms with Crippen molar-refractivity contribution in [2.45, 2.75) is 60.8 Å². The van der Waals surface area contributed by atoms with Gasteiger partial charge < -0.3 is 0 Å². The summed E-state index contributed by atoms with van der Waals surface area (Å²) < 4.78 is 0. The minimum absolute atomic E-state index is 0.511. The molecule has 0 aliphatic carbocycles. The molecule has 26 heavy (non-hydrogen) atoms. The van der Waals surface area contributed by atoms with Crippen LogP contribution in [0, 0.1) is 6.92 Å². The predicted molar refractivity (Wildman–Crippen MR) is 117 cm³/mol. The van der Waals surface area contributed by atoms with Crippen molar-refractivity contribution in [1.82, 2.24) is 5.01 Å². The normalized spacial score (nSPS) is 9.23. The molecule has 1 aromatic carbocycles. The monoisotopic (exact) mass is 380 g/mol. The molecule has 0 bridgehead atoms. The zero-order valence-corrected chi connectivity index (χ0v) is 18.6. The number of benzene rings is 1. The van der Waals surface area contributed by atoms with Gasteiger partial charge in [0.05, 0.1) is 0 Å². The summed E-state index contributed by atoms with van der Waals surface area (Å²) in [6.07, 6.45) is 4.87. The molecule has 0 atom stereocenters. The number of carbonyl (C=O) groups excluding carboxylic acids is 2. The molecule has 0 N–H and O–H groups in total. The number of carbonyl (C=O) groups is 2. The fourth-order valence-corrected chi connectivity index (χ4v) is 2.72. The molecule has 0 unspecified atom stereocenters. The number of likely N-dealkylation sites (N-methyl/N-ethyl adjacent to an activating group) is 1. The second-order valence-electron chi connectivity index (χ2n) is 5.46. The molecule has 0 radical (unpaired) electrons. The Morgan fingerprint density at radius 3 is 1.85 bits per heavy atom. The van der Waals surface area contributed by atoms with Gasteiger partial charge in [0.15, 0.2) is 0 Å². The summed E-state index contributed by atoms with van der Waals surface area (Å²) in [7, 11) is 1.43. The topological polar surface area (TPSA) is 49.7 Å². The van der Waals surface area contributed by atoms with E-state index in [1.807, 2.05) is 58.5 Å². The van der Waals surface area contributed by atoms with E-state index < -0.39 is 11.7 Å². The fourth-order valence-electron chi connectivity index (χ4n) is 2.31. The third-order valence-corrected chi connectivity index (χ3v) is 4.36. The molecule has 0 saturated heterocycles. The first-order valence-corrected chi connectivity index (χ1v) is 10.7. The van der Waals surface area contributed by atoms with Crippen LogP contribution in [0.15, 0.2) is 17.2 Å². The largest absolute Gasteiger partial charge is 0.314 e. The zero-order chi connectivity index (χ0) is 20.7. The highest BCUT2D eigenvalue weighted by Gasteiger charge is 2.24. The van der Waals surface area contributed by atoms with Crippen molar-refractivity contribution in [2.24, 2.45) is 5.10 Å². The van der Waals surface area contributed by atoms with Gasteiger partial charge in [-0.2, -0.15) is 16.9 Å². The highest BCUT2D eigenvalue weighted by molar-refractivity contribution is 7.98. The van der Waals surface area contributed by atoms with Crippen LogP contribution >= 0.6 is 11.8 Å². The van der Waals surface area contributed by atoms with Crippen molar-refractivity contribution in [2.75, 3.05) is 19.1 Å². The summed E-state index contributed by atoms with van der Waals surface area (Å²) in [6.45, 7) is 15.4. The first-order chi connectivity index (χ1) is 12.4. The lowest BCUT2D eigenvalue weighted by Gasteiger charge is -2.15. The third-order valence-electron chi connectivity index (χ3n) is 3.54. The molecule has 0 aromatic heterocycles. The number of hydrazone groups is 1. The van der Waals surface area contributed by atoms with Crippen LogP contribution in [0.3, 0.4) is 0 Å². The number of nitrogens with zero attached hydrogens (tertiary/aromatic N) is 2. The molecule has 0 spiro atoms. The van der Waals surface area contributed by atoms with Crippen LogP contribution in [0.1, 0.15) is 68.1 Å². The van der Waals surface area contributed by atoms with Gasteiger partial charge in [0.1, 0.15) is 0 Å². The Bertz CT molecular complexity index is 544. The minimum atomic E-state index is -0.650. The van der Waals surface area contributed by atoms with Gasteiger partial charge in [-0.3, -0.25) is 9.59 Å². The van der Waals surface area contributed by atoms with Gasteiger partial charge in [0.25, 0.3) is 5.78 Å². The Labute approximate surface area is 164 Å². The number of thioether (sulfide) groups is 1. The van der Waals surface area contributed by atoms with Crippen molar-refractivity contribution >= 4 is 30.2 Å². The molecule has 5 heteroatoms. The van der Waals surface area contributed by atoms with Crippen molar-refractivity contribution in [3.63, 3.8) is 0 Å². The number of rotatable bonds is 7. The van der Waals surface area contributed by atoms with E-state index in [9.17, 15) is 9.59 Å². The standard InChI is InChI=1S/C15H20N2O2.C4H10S.C2H6/c1-6-11-8-10(3)9-12(7-2)13(11)14(18)15(19)17(5)16-4;1-3-4-5-2;1-2/h8-9H,4,6-7H2,1-3,5H3;3-4H2,1-2H3;1-2H3. The lowest BCUT2D eigenvalue weighted by molar-refractivity contribution is -0.125. The maximum atomic E-state index is 12.3. The maximum absolute atomic E-state index is 12.3. The van der Waals surface area contributed by atoms with E-state index in [1.165, 1.54) is 19.2 Å². The number of Topliss-reactive ketones (excluding diaryl/α,β-unsaturated/α-hetero) is 1.